The largest absolute Gasteiger partial charge is 0.479 e. The Kier molecular flexibility index (Phi) is 2.28. The van der Waals surface area contributed by atoms with Gasteiger partial charge >= 0.3 is 5.97 Å². The van der Waals surface area contributed by atoms with E-state index in [0.717, 1.165) is 19.3 Å². The lowest BCUT2D eigenvalue weighted by Crippen LogP contribution is -2.41. The fraction of sp³-hybridized carbons (Fsp3) is 0.900. The van der Waals surface area contributed by atoms with Crippen molar-refractivity contribution in [1.29, 1.82) is 0 Å². The first-order chi connectivity index (χ1) is 6.18. The topological polar surface area (TPSA) is 57.5 Å². The second-order valence-electron chi connectivity index (χ2n) is 4.46. The third-order valence-electron chi connectivity index (χ3n) is 3.76. The highest BCUT2D eigenvalue weighted by atomic mass is 16.4. The van der Waals surface area contributed by atoms with Gasteiger partial charge in [-0.15, -0.1) is 0 Å². The Balaban J connectivity index is 2.04. The van der Waals surface area contributed by atoms with Gasteiger partial charge in [0.25, 0.3) is 0 Å². The quantitative estimate of drug-likeness (QED) is 0.679. The zero-order valence-electron chi connectivity index (χ0n) is 7.65. The summed E-state index contributed by atoms with van der Waals surface area (Å²) in [6, 6.07) is 0. The van der Waals surface area contributed by atoms with Crippen molar-refractivity contribution < 1.29 is 15.0 Å². The average molecular weight is 184 g/mol. The Morgan fingerprint density at radius 2 is 1.85 bits per heavy atom. The Hall–Kier alpha value is -0.570. The second-order valence-corrected chi connectivity index (χ2v) is 4.46. The van der Waals surface area contributed by atoms with Crippen molar-refractivity contribution in [1.82, 2.24) is 0 Å². The molecule has 2 N–H and O–H groups in total. The SMILES string of the molecule is O=C(O)C(O)C1CC2CCC1CC2. The van der Waals surface area contributed by atoms with Crippen molar-refractivity contribution in [2.75, 3.05) is 0 Å². The first-order valence-electron chi connectivity index (χ1n) is 5.09. The highest BCUT2D eigenvalue weighted by Crippen LogP contribution is 2.46. The summed E-state index contributed by atoms with van der Waals surface area (Å²) in [7, 11) is 0. The molecule has 3 fully saturated rings. The van der Waals surface area contributed by atoms with Crippen molar-refractivity contribution in [2.45, 2.75) is 38.2 Å². The van der Waals surface area contributed by atoms with Crippen LogP contribution in [0.2, 0.25) is 0 Å². The van der Waals surface area contributed by atoms with Gasteiger partial charge in [0.05, 0.1) is 0 Å². The van der Waals surface area contributed by atoms with Crippen molar-refractivity contribution in [2.24, 2.45) is 17.8 Å². The monoisotopic (exact) mass is 184 g/mol. The maximum atomic E-state index is 10.6. The van der Waals surface area contributed by atoms with Crippen LogP contribution in [0.5, 0.6) is 0 Å². The number of aliphatic hydroxyl groups is 1. The molecule has 0 spiro atoms. The zero-order valence-corrected chi connectivity index (χ0v) is 7.65. The number of carbonyl (C=O) groups is 1. The molecule has 3 heteroatoms. The van der Waals surface area contributed by atoms with Crippen molar-refractivity contribution in [3.8, 4) is 0 Å². The van der Waals surface area contributed by atoms with Gasteiger partial charge in [0, 0.05) is 0 Å². The molecule has 3 nitrogen and oxygen atoms in total. The highest BCUT2D eigenvalue weighted by molar-refractivity contribution is 5.72. The molecular formula is C10H16O3. The van der Waals surface area contributed by atoms with Gasteiger partial charge in [0.15, 0.2) is 6.10 Å². The Labute approximate surface area is 77.8 Å². The minimum absolute atomic E-state index is 0.0324. The lowest BCUT2D eigenvalue weighted by Gasteiger charge is -2.43. The molecule has 0 saturated heterocycles. The minimum atomic E-state index is -1.12. The molecule has 0 amide bonds. The van der Waals surface area contributed by atoms with Crippen LogP contribution in [0.15, 0.2) is 0 Å². The number of fused-ring (bicyclic) bond motifs is 3. The van der Waals surface area contributed by atoms with E-state index in [9.17, 15) is 9.90 Å². The summed E-state index contributed by atoms with van der Waals surface area (Å²) in [6.07, 6.45) is 4.55. The zero-order chi connectivity index (χ0) is 9.42. The van der Waals surface area contributed by atoms with E-state index in [-0.39, 0.29) is 5.92 Å². The van der Waals surface area contributed by atoms with Crippen LogP contribution in [0.25, 0.3) is 0 Å². The van der Waals surface area contributed by atoms with E-state index >= 15 is 0 Å². The normalized spacial score (nSPS) is 40.2. The predicted molar refractivity (Wildman–Crippen MR) is 47.2 cm³/mol. The van der Waals surface area contributed by atoms with Crippen LogP contribution in [0.3, 0.4) is 0 Å². The molecule has 2 atom stereocenters. The molecule has 13 heavy (non-hydrogen) atoms. The molecule has 3 saturated carbocycles. The predicted octanol–water partition coefficient (Wildman–Crippen LogP) is 1.26. The summed E-state index contributed by atoms with van der Waals surface area (Å²) in [6.45, 7) is 0. The van der Waals surface area contributed by atoms with E-state index in [0.29, 0.717) is 11.8 Å². The van der Waals surface area contributed by atoms with Gasteiger partial charge in [0.2, 0.25) is 0 Å². The molecule has 0 aromatic heterocycles. The van der Waals surface area contributed by atoms with Crippen molar-refractivity contribution in [3.63, 3.8) is 0 Å². The number of carboxylic acid groups (broad SMARTS) is 1. The number of rotatable bonds is 2. The van der Waals surface area contributed by atoms with Crippen LogP contribution in [0.4, 0.5) is 0 Å². The molecule has 2 unspecified atom stereocenters. The molecule has 0 heterocycles. The van der Waals surface area contributed by atoms with Crippen LogP contribution >= 0.6 is 0 Å². The van der Waals surface area contributed by atoms with E-state index in [1.165, 1.54) is 12.8 Å². The van der Waals surface area contributed by atoms with Crippen LogP contribution in [0.1, 0.15) is 32.1 Å². The van der Waals surface area contributed by atoms with Gasteiger partial charge in [-0.1, -0.05) is 12.8 Å². The number of aliphatic carboxylic acids is 1. The maximum Gasteiger partial charge on any atom is 0.332 e. The lowest BCUT2D eigenvalue weighted by atomic mass is 9.63. The number of aliphatic hydroxyl groups excluding tert-OH is 1. The third kappa shape index (κ3) is 1.57. The number of hydrogen-bond donors (Lipinski definition) is 2. The fourth-order valence-electron chi connectivity index (χ4n) is 3.00. The molecular weight excluding hydrogens is 168 g/mol. The summed E-state index contributed by atoms with van der Waals surface area (Å²) in [5.41, 5.74) is 0. The van der Waals surface area contributed by atoms with Crippen molar-refractivity contribution >= 4 is 5.97 Å². The van der Waals surface area contributed by atoms with Crippen LogP contribution in [0, 0.1) is 17.8 Å². The average Bonchev–Trinajstić information content (AvgIpc) is 2.18. The molecule has 0 aromatic rings. The molecule has 0 radical (unpaired) electrons. The molecule has 74 valence electrons. The molecule has 3 rings (SSSR count). The maximum absolute atomic E-state index is 10.6. The Morgan fingerprint density at radius 3 is 2.23 bits per heavy atom. The molecule has 0 aromatic carbocycles. The van der Waals surface area contributed by atoms with Gasteiger partial charge in [-0.2, -0.15) is 0 Å². The summed E-state index contributed by atoms with van der Waals surface area (Å²) in [5, 5.41) is 18.2. The summed E-state index contributed by atoms with van der Waals surface area (Å²) in [4.78, 5) is 10.6. The third-order valence-corrected chi connectivity index (χ3v) is 3.76. The van der Waals surface area contributed by atoms with Crippen molar-refractivity contribution in [3.05, 3.63) is 0 Å². The van der Waals surface area contributed by atoms with E-state index in [1.54, 1.807) is 0 Å². The number of hydrogen-bond acceptors (Lipinski definition) is 2. The summed E-state index contributed by atoms with van der Waals surface area (Å²) >= 11 is 0. The van der Waals surface area contributed by atoms with Crippen LogP contribution in [-0.4, -0.2) is 22.3 Å². The van der Waals surface area contributed by atoms with Crippen LogP contribution in [-0.2, 0) is 4.79 Å². The molecule has 3 aliphatic rings. The minimum Gasteiger partial charge on any atom is -0.479 e. The lowest BCUT2D eigenvalue weighted by molar-refractivity contribution is -0.153. The van der Waals surface area contributed by atoms with E-state index < -0.39 is 12.1 Å². The Morgan fingerprint density at radius 1 is 1.23 bits per heavy atom. The van der Waals surface area contributed by atoms with E-state index in [2.05, 4.69) is 0 Å². The first kappa shape index (κ1) is 9.00. The van der Waals surface area contributed by atoms with Gasteiger partial charge in [0.1, 0.15) is 0 Å². The smallest absolute Gasteiger partial charge is 0.332 e. The van der Waals surface area contributed by atoms with Gasteiger partial charge in [-0.3, -0.25) is 0 Å². The van der Waals surface area contributed by atoms with E-state index in [1.807, 2.05) is 0 Å². The van der Waals surface area contributed by atoms with Crippen LogP contribution < -0.4 is 0 Å². The highest BCUT2D eigenvalue weighted by Gasteiger charge is 2.41. The number of carboxylic acids is 1. The summed E-state index contributed by atoms with van der Waals surface area (Å²) < 4.78 is 0. The van der Waals surface area contributed by atoms with Gasteiger partial charge < -0.3 is 10.2 Å². The fourth-order valence-corrected chi connectivity index (χ4v) is 3.00. The molecule has 2 bridgehead atoms. The van der Waals surface area contributed by atoms with Gasteiger partial charge in [-0.25, -0.2) is 4.79 Å². The molecule has 0 aliphatic heterocycles. The first-order valence-corrected chi connectivity index (χ1v) is 5.09. The standard InChI is InChI=1S/C10H16O3/c11-9(10(12)13)8-5-6-1-3-7(8)4-2-6/h6-9,11H,1-5H2,(H,12,13). The second kappa shape index (κ2) is 3.29. The van der Waals surface area contributed by atoms with E-state index in [4.69, 9.17) is 5.11 Å². The van der Waals surface area contributed by atoms with Gasteiger partial charge in [-0.05, 0) is 37.0 Å². The Bertz CT molecular complexity index is 206. The summed E-state index contributed by atoms with van der Waals surface area (Å²) in [5.74, 6) is 0.141. The molecule has 3 aliphatic carbocycles.